The standard InChI is InChI=1S/C16H30O3/c1-11(2)7-13(5)9-15(8-12(3)4)19-16(18)10-14(6)17/h11-13,15H,7-10H2,1-6H3. The van der Waals surface area contributed by atoms with Gasteiger partial charge in [-0.15, -0.1) is 0 Å². The van der Waals surface area contributed by atoms with Crippen molar-refractivity contribution < 1.29 is 14.3 Å². The molecule has 0 spiro atoms. The number of carbonyl (C=O) groups excluding carboxylic acids is 2. The number of esters is 1. The number of hydrogen-bond donors (Lipinski definition) is 0. The van der Waals surface area contributed by atoms with E-state index in [1.165, 1.54) is 6.92 Å². The third-order valence-electron chi connectivity index (χ3n) is 2.96. The van der Waals surface area contributed by atoms with Crippen LogP contribution in [-0.4, -0.2) is 17.9 Å². The van der Waals surface area contributed by atoms with Crippen LogP contribution in [0.3, 0.4) is 0 Å². The Hall–Kier alpha value is -0.860. The molecular formula is C16H30O3. The number of rotatable bonds is 9. The zero-order valence-electron chi connectivity index (χ0n) is 13.4. The van der Waals surface area contributed by atoms with Crippen molar-refractivity contribution in [2.45, 2.75) is 73.3 Å². The summed E-state index contributed by atoms with van der Waals surface area (Å²) in [5, 5.41) is 0. The van der Waals surface area contributed by atoms with Gasteiger partial charge in [-0.1, -0.05) is 34.6 Å². The van der Waals surface area contributed by atoms with E-state index >= 15 is 0 Å². The van der Waals surface area contributed by atoms with Gasteiger partial charge in [-0.2, -0.15) is 0 Å². The maximum absolute atomic E-state index is 11.6. The van der Waals surface area contributed by atoms with Gasteiger partial charge in [0.1, 0.15) is 18.3 Å². The molecule has 0 fully saturated rings. The fourth-order valence-electron chi connectivity index (χ4n) is 2.50. The van der Waals surface area contributed by atoms with Crippen molar-refractivity contribution >= 4 is 11.8 Å². The van der Waals surface area contributed by atoms with Gasteiger partial charge < -0.3 is 4.74 Å². The second-order valence-corrected chi connectivity index (χ2v) is 6.59. The smallest absolute Gasteiger partial charge is 0.313 e. The van der Waals surface area contributed by atoms with E-state index in [9.17, 15) is 9.59 Å². The first-order chi connectivity index (χ1) is 8.70. The molecule has 0 aliphatic carbocycles. The van der Waals surface area contributed by atoms with E-state index in [0.29, 0.717) is 17.8 Å². The van der Waals surface area contributed by atoms with Crippen molar-refractivity contribution in [1.29, 1.82) is 0 Å². The first-order valence-electron chi connectivity index (χ1n) is 7.39. The molecule has 19 heavy (non-hydrogen) atoms. The Balaban J connectivity index is 4.37. The van der Waals surface area contributed by atoms with Crippen LogP contribution in [0.1, 0.15) is 67.2 Å². The molecule has 3 heteroatoms. The number of Topliss-reactive ketones (excluding diaryl/α,β-unsaturated/α-hetero) is 1. The van der Waals surface area contributed by atoms with E-state index in [4.69, 9.17) is 4.74 Å². The van der Waals surface area contributed by atoms with Crippen LogP contribution in [-0.2, 0) is 14.3 Å². The quantitative estimate of drug-likeness (QED) is 0.470. The summed E-state index contributed by atoms with van der Waals surface area (Å²) >= 11 is 0. The van der Waals surface area contributed by atoms with Crippen LogP contribution < -0.4 is 0 Å². The van der Waals surface area contributed by atoms with Gasteiger partial charge in [0.15, 0.2) is 0 Å². The maximum atomic E-state index is 11.6. The Morgan fingerprint density at radius 1 is 0.895 bits per heavy atom. The van der Waals surface area contributed by atoms with Crippen molar-refractivity contribution in [3.8, 4) is 0 Å². The Morgan fingerprint density at radius 3 is 1.84 bits per heavy atom. The summed E-state index contributed by atoms with van der Waals surface area (Å²) < 4.78 is 5.46. The first kappa shape index (κ1) is 18.1. The van der Waals surface area contributed by atoms with Crippen molar-refractivity contribution in [2.24, 2.45) is 17.8 Å². The summed E-state index contributed by atoms with van der Waals surface area (Å²) in [4.78, 5) is 22.5. The topological polar surface area (TPSA) is 43.4 Å². The van der Waals surface area contributed by atoms with Crippen molar-refractivity contribution in [3.05, 3.63) is 0 Å². The van der Waals surface area contributed by atoms with Crippen LogP contribution in [0.4, 0.5) is 0 Å². The minimum atomic E-state index is -0.380. The lowest BCUT2D eigenvalue weighted by molar-refractivity contribution is -0.152. The van der Waals surface area contributed by atoms with Crippen LogP contribution in [0.2, 0.25) is 0 Å². The summed E-state index contributed by atoms with van der Waals surface area (Å²) in [5.74, 6) is 1.16. The molecule has 0 radical (unpaired) electrons. The van der Waals surface area contributed by atoms with Crippen LogP contribution in [0.5, 0.6) is 0 Å². The first-order valence-corrected chi connectivity index (χ1v) is 7.39. The summed E-state index contributed by atoms with van der Waals surface area (Å²) in [6.45, 7) is 12.3. The van der Waals surface area contributed by atoms with Gasteiger partial charge in [0.2, 0.25) is 0 Å². The van der Waals surface area contributed by atoms with Gasteiger partial charge in [-0.25, -0.2) is 0 Å². The highest BCUT2D eigenvalue weighted by atomic mass is 16.5. The van der Waals surface area contributed by atoms with Crippen LogP contribution in [0.15, 0.2) is 0 Å². The van der Waals surface area contributed by atoms with E-state index in [1.54, 1.807) is 0 Å². The molecule has 2 unspecified atom stereocenters. The van der Waals surface area contributed by atoms with Crippen LogP contribution in [0, 0.1) is 17.8 Å². The van der Waals surface area contributed by atoms with Crippen molar-refractivity contribution in [2.75, 3.05) is 0 Å². The molecule has 0 aromatic heterocycles. The molecule has 112 valence electrons. The molecule has 0 saturated heterocycles. The molecule has 0 N–H and O–H groups in total. The number of carbonyl (C=O) groups is 2. The molecule has 0 amide bonds. The fourth-order valence-corrected chi connectivity index (χ4v) is 2.50. The van der Waals surface area contributed by atoms with Gasteiger partial charge in [-0.3, -0.25) is 9.59 Å². The summed E-state index contributed by atoms with van der Waals surface area (Å²) in [7, 11) is 0. The lowest BCUT2D eigenvalue weighted by Crippen LogP contribution is -2.24. The average Bonchev–Trinajstić information content (AvgIpc) is 2.11. The average molecular weight is 270 g/mol. The molecule has 0 saturated carbocycles. The predicted molar refractivity (Wildman–Crippen MR) is 77.9 cm³/mol. The second-order valence-electron chi connectivity index (χ2n) is 6.59. The molecule has 2 atom stereocenters. The van der Waals surface area contributed by atoms with Gasteiger partial charge in [0, 0.05) is 0 Å². The number of ether oxygens (including phenoxy) is 1. The summed E-state index contributed by atoms with van der Waals surface area (Å²) in [6.07, 6.45) is 2.73. The second kappa shape index (κ2) is 9.11. The molecule has 0 bridgehead atoms. The van der Waals surface area contributed by atoms with Crippen LogP contribution >= 0.6 is 0 Å². The van der Waals surface area contributed by atoms with Crippen molar-refractivity contribution in [3.63, 3.8) is 0 Å². The van der Waals surface area contributed by atoms with Crippen LogP contribution in [0.25, 0.3) is 0 Å². The summed E-state index contributed by atoms with van der Waals surface area (Å²) in [5.41, 5.74) is 0. The third-order valence-corrected chi connectivity index (χ3v) is 2.96. The highest BCUT2D eigenvalue weighted by Crippen LogP contribution is 2.22. The van der Waals surface area contributed by atoms with E-state index in [-0.39, 0.29) is 24.3 Å². The van der Waals surface area contributed by atoms with Crippen molar-refractivity contribution in [1.82, 2.24) is 0 Å². The normalized spacial score (nSPS) is 14.5. The van der Waals surface area contributed by atoms with Gasteiger partial charge in [0.05, 0.1) is 0 Å². The zero-order valence-corrected chi connectivity index (χ0v) is 13.4. The molecule has 0 rings (SSSR count). The molecule has 0 aliphatic rings. The van der Waals surface area contributed by atoms with E-state index in [1.807, 2.05) is 0 Å². The molecule has 0 aromatic carbocycles. The van der Waals surface area contributed by atoms with Gasteiger partial charge in [-0.05, 0) is 43.9 Å². The monoisotopic (exact) mass is 270 g/mol. The Kier molecular flexibility index (Phi) is 8.70. The minimum Gasteiger partial charge on any atom is -0.462 e. The molecule has 3 nitrogen and oxygen atoms in total. The fraction of sp³-hybridized carbons (Fsp3) is 0.875. The Bertz CT molecular complexity index is 282. The lowest BCUT2D eigenvalue weighted by Gasteiger charge is -2.23. The molecule has 0 heterocycles. The Morgan fingerprint density at radius 2 is 1.42 bits per heavy atom. The van der Waals surface area contributed by atoms with Gasteiger partial charge >= 0.3 is 5.97 Å². The maximum Gasteiger partial charge on any atom is 0.313 e. The van der Waals surface area contributed by atoms with E-state index < -0.39 is 0 Å². The minimum absolute atomic E-state index is 0.0550. The SMILES string of the molecule is CC(=O)CC(=O)OC(CC(C)C)CC(C)CC(C)C. The number of hydrogen-bond acceptors (Lipinski definition) is 3. The number of ketones is 1. The summed E-state index contributed by atoms with van der Waals surface area (Å²) in [6, 6.07) is 0. The van der Waals surface area contributed by atoms with E-state index in [2.05, 4.69) is 34.6 Å². The lowest BCUT2D eigenvalue weighted by atomic mass is 9.91. The zero-order chi connectivity index (χ0) is 15.0. The highest BCUT2D eigenvalue weighted by molar-refractivity contribution is 5.94. The molecule has 0 aliphatic heterocycles. The van der Waals surface area contributed by atoms with Gasteiger partial charge in [0.25, 0.3) is 0 Å². The third kappa shape index (κ3) is 10.7. The predicted octanol–water partition coefficient (Wildman–Crippen LogP) is 4.00. The van der Waals surface area contributed by atoms with E-state index in [0.717, 1.165) is 19.3 Å². The Labute approximate surface area is 118 Å². The largest absolute Gasteiger partial charge is 0.462 e. The molecular weight excluding hydrogens is 240 g/mol. The molecule has 0 aromatic rings. The highest BCUT2D eigenvalue weighted by Gasteiger charge is 2.20.